The average Bonchev–Trinajstić information content (AvgIpc) is 3.11. The first kappa shape index (κ1) is 19.8. The molecule has 28 heavy (non-hydrogen) atoms. The molecular weight excluding hydrogens is 391 g/mol. The number of amides is 2. The molecule has 2 amide bonds. The van der Waals surface area contributed by atoms with Crippen molar-refractivity contribution in [2.75, 3.05) is 11.9 Å². The summed E-state index contributed by atoms with van der Waals surface area (Å²) in [7, 11) is 0. The van der Waals surface area contributed by atoms with E-state index in [9.17, 15) is 18.8 Å². The molecule has 0 saturated heterocycles. The molecule has 0 atom stereocenters. The normalized spacial score (nSPS) is 14.5. The van der Waals surface area contributed by atoms with Crippen molar-refractivity contribution in [3.8, 4) is 0 Å². The highest BCUT2D eigenvalue weighted by molar-refractivity contribution is 6.62. The minimum absolute atomic E-state index is 0.0586. The fraction of sp³-hybridized carbons (Fsp3) is 0.333. The van der Waals surface area contributed by atoms with Crippen LogP contribution in [0.25, 0.3) is 0 Å². The van der Waals surface area contributed by atoms with Crippen LogP contribution in [0.5, 0.6) is 0 Å². The molecule has 1 aromatic heterocycles. The van der Waals surface area contributed by atoms with Crippen LogP contribution in [0, 0.1) is 5.82 Å². The van der Waals surface area contributed by atoms with Gasteiger partial charge < -0.3 is 15.0 Å². The highest BCUT2D eigenvalue weighted by atomic mass is 35.5. The number of nitrogens with one attached hydrogen (secondary N) is 1. The van der Waals surface area contributed by atoms with Crippen LogP contribution >= 0.6 is 11.6 Å². The number of ether oxygens (including phenoxy) is 1. The van der Waals surface area contributed by atoms with E-state index in [1.165, 1.54) is 17.0 Å². The van der Waals surface area contributed by atoms with Gasteiger partial charge in [-0.1, -0.05) is 0 Å². The van der Waals surface area contributed by atoms with Gasteiger partial charge in [-0.15, -0.1) is 4.68 Å². The number of rotatable bonds is 3. The third-order valence-corrected chi connectivity index (χ3v) is 4.75. The van der Waals surface area contributed by atoms with E-state index in [4.69, 9.17) is 16.3 Å². The zero-order valence-electron chi connectivity index (χ0n) is 15.5. The number of aromatic nitrogens is 2. The van der Waals surface area contributed by atoms with Crippen molar-refractivity contribution in [3.63, 3.8) is 0 Å². The minimum atomic E-state index is -0.888. The van der Waals surface area contributed by atoms with Crippen LogP contribution in [0.3, 0.4) is 0 Å². The molecule has 1 aliphatic rings. The van der Waals surface area contributed by atoms with E-state index in [1.807, 2.05) is 0 Å². The number of carbonyl (C=O) groups is 3. The molecular formula is C18H18ClFN4O4. The Bertz CT molecular complexity index is 955. The standard InChI is InChI=1S/C18H18ClFN4O4/c1-4-28-17(27)24-14(21-15(25)10-5-7-11(20)8-6-10)12-9-23(16(19)26)18(2,3)13(12)22-24/h5-8H,4,9H2,1-3H3,(H,21,25). The molecule has 2 heterocycles. The fourth-order valence-corrected chi connectivity index (χ4v) is 3.35. The van der Waals surface area contributed by atoms with E-state index >= 15 is 0 Å². The van der Waals surface area contributed by atoms with E-state index in [0.29, 0.717) is 11.3 Å². The van der Waals surface area contributed by atoms with Gasteiger partial charge in [0.15, 0.2) is 0 Å². The van der Waals surface area contributed by atoms with E-state index in [2.05, 4.69) is 10.4 Å². The van der Waals surface area contributed by atoms with Gasteiger partial charge in [0, 0.05) is 11.1 Å². The maximum atomic E-state index is 13.1. The Morgan fingerprint density at radius 2 is 1.93 bits per heavy atom. The molecule has 0 fully saturated rings. The lowest BCUT2D eigenvalue weighted by molar-refractivity contribution is 0.102. The van der Waals surface area contributed by atoms with E-state index in [0.717, 1.165) is 16.8 Å². The molecule has 3 rings (SSSR count). The van der Waals surface area contributed by atoms with Crippen molar-refractivity contribution in [2.45, 2.75) is 32.9 Å². The molecule has 0 radical (unpaired) electrons. The molecule has 1 aromatic carbocycles. The van der Waals surface area contributed by atoms with Crippen molar-refractivity contribution in [1.29, 1.82) is 0 Å². The molecule has 0 unspecified atom stereocenters. The molecule has 1 aliphatic heterocycles. The summed E-state index contributed by atoms with van der Waals surface area (Å²) in [6.07, 6.45) is -0.772. The summed E-state index contributed by atoms with van der Waals surface area (Å²) in [5.41, 5.74) is 0.196. The van der Waals surface area contributed by atoms with Crippen LogP contribution in [0.1, 0.15) is 42.4 Å². The summed E-state index contributed by atoms with van der Waals surface area (Å²) < 4.78 is 19.1. The van der Waals surface area contributed by atoms with Gasteiger partial charge in [-0.25, -0.2) is 9.18 Å². The van der Waals surface area contributed by atoms with E-state index < -0.39 is 28.7 Å². The fourth-order valence-electron chi connectivity index (χ4n) is 3.08. The number of anilines is 1. The number of halogens is 2. The van der Waals surface area contributed by atoms with Crippen molar-refractivity contribution < 1.29 is 23.5 Å². The Balaban J connectivity index is 2.04. The number of fused-ring (bicyclic) bond motifs is 1. The third kappa shape index (κ3) is 3.33. The Hall–Kier alpha value is -2.94. The van der Waals surface area contributed by atoms with Crippen molar-refractivity contribution in [3.05, 3.63) is 46.9 Å². The molecule has 0 spiro atoms. The zero-order chi connectivity index (χ0) is 20.6. The molecule has 10 heteroatoms. The number of hydrogen-bond donors (Lipinski definition) is 1. The first-order chi connectivity index (χ1) is 13.2. The van der Waals surface area contributed by atoms with E-state index in [-0.39, 0.29) is 24.5 Å². The van der Waals surface area contributed by atoms with Gasteiger partial charge in [0.25, 0.3) is 5.91 Å². The SMILES string of the molecule is CCOC(=O)n1nc2c(c1NC(=O)c1ccc(F)cc1)CN(C(=O)Cl)C2(C)C. The van der Waals surface area contributed by atoms with Gasteiger partial charge >= 0.3 is 11.5 Å². The van der Waals surface area contributed by atoms with Crippen LogP contribution in [0.4, 0.5) is 19.8 Å². The Labute approximate surface area is 165 Å². The van der Waals surface area contributed by atoms with Crippen LogP contribution in [0.15, 0.2) is 24.3 Å². The molecule has 0 aliphatic carbocycles. The summed E-state index contributed by atoms with van der Waals surface area (Å²) in [4.78, 5) is 38.1. The quantitative estimate of drug-likeness (QED) is 0.617. The van der Waals surface area contributed by atoms with Gasteiger partial charge in [0.2, 0.25) is 0 Å². The predicted molar refractivity (Wildman–Crippen MR) is 98.8 cm³/mol. The van der Waals surface area contributed by atoms with Gasteiger partial charge in [-0.05, 0) is 56.6 Å². The monoisotopic (exact) mass is 408 g/mol. The Morgan fingerprint density at radius 3 is 2.50 bits per heavy atom. The summed E-state index contributed by atoms with van der Waals surface area (Å²) in [5, 5.41) is 6.21. The Kier molecular flexibility index (Phi) is 5.12. The third-order valence-electron chi connectivity index (χ3n) is 4.55. The second-order valence-electron chi connectivity index (χ2n) is 6.65. The maximum absolute atomic E-state index is 13.1. The second-order valence-corrected chi connectivity index (χ2v) is 6.97. The highest BCUT2D eigenvalue weighted by Gasteiger charge is 2.45. The van der Waals surface area contributed by atoms with Gasteiger partial charge in [0.05, 0.1) is 24.4 Å². The predicted octanol–water partition coefficient (Wildman–Crippen LogP) is 3.69. The lowest BCUT2D eigenvalue weighted by atomic mass is 10.0. The number of carbonyl (C=O) groups excluding carboxylic acids is 3. The van der Waals surface area contributed by atoms with Crippen LogP contribution in [-0.4, -0.2) is 38.7 Å². The molecule has 1 N–H and O–H groups in total. The van der Waals surface area contributed by atoms with Crippen molar-refractivity contribution in [1.82, 2.24) is 14.7 Å². The Morgan fingerprint density at radius 1 is 1.29 bits per heavy atom. The molecule has 2 aromatic rings. The highest BCUT2D eigenvalue weighted by Crippen LogP contribution is 2.42. The van der Waals surface area contributed by atoms with Gasteiger partial charge in [-0.2, -0.15) is 5.10 Å². The number of benzene rings is 1. The summed E-state index contributed by atoms with van der Waals surface area (Å²) >= 11 is 5.67. The number of nitrogens with zero attached hydrogens (tertiary/aromatic N) is 3. The van der Waals surface area contributed by atoms with Crippen LogP contribution in [0.2, 0.25) is 0 Å². The molecule has 0 bridgehead atoms. The van der Waals surface area contributed by atoms with Crippen LogP contribution in [-0.2, 0) is 16.8 Å². The largest absolute Gasteiger partial charge is 0.448 e. The summed E-state index contributed by atoms with van der Waals surface area (Å²) in [5.74, 6) is -0.968. The number of hydrogen-bond acceptors (Lipinski definition) is 5. The molecule has 148 valence electrons. The first-order valence-electron chi connectivity index (χ1n) is 8.50. The first-order valence-corrected chi connectivity index (χ1v) is 8.88. The maximum Gasteiger partial charge on any atom is 0.436 e. The van der Waals surface area contributed by atoms with Crippen LogP contribution < -0.4 is 5.32 Å². The second kappa shape index (κ2) is 7.23. The summed E-state index contributed by atoms with van der Waals surface area (Å²) in [6, 6.07) is 4.93. The van der Waals surface area contributed by atoms with E-state index in [1.54, 1.807) is 20.8 Å². The lowest BCUT2D eigenvalue weighted by Crippen LogP contribution is -2.38. The smallest absolute Gasteiger partial charge is 0.436 e. The average molecular weight is 409 g/mol. The topological polar surface area (TPSA) is 93.5 Å². The summed E-state index contributed by atoms with van der Waals surface area (Å²) in [6.45, 7) is 5.28. The zero-order valence-corrected chi connectivity index (χ0v) is 16.2. The molecule has 0 saturated carbocycles. The van der Waals surface area contributed by atoms with Gasteiger partial charge in [0.1, 0.15) is 11.6 Å². The van der Waals surface area contributed by atoms with Crippen molar-refractivity contribution in [2.24, 2.45) is 0 Å². The van der Waals surface area contributed by atoms with Crippen molar-refractivity contribution >= 4 is 34.8 Å². The lowest BCUT2D eigenvalue weighted by Gasteiger charge is -2.29. The molecule has 8 nitrogen and oxygen atoms in total. The van der Waals surface area contributed by atoms with Gasteiger partial charge in [-0.3, -0.25) is 9.59 Å². The minimum Gasteiger partial charge on any atom is -0.448 e.